The van der Waals surface area contributed by atoms with Gasteiger partial charge in [0.05, 0.1) is 12.2 Å². The van der Waals surface area contributed by atoms with Crippen molar-refractivity contribution >= 4 is 11.9 Å². The van der Waals surface area contributed by atoms with E-state index in [-0.39, 0.29) is 18.5 Å². The quantitative estimate of drug-likeness (QED) is 0.495. The number of allylic oxidation sites excluding steroid dienone is 1. The molecule has 0 aromatic rings. The van der Waals surface area contributed by atoms with Gasteiger partial charge in [-0.05, 0) is 19.3 Å². The van der Waals surface area contributed by atoms with Crippen LogP contribution >= 0.6 is 0 Å². The maximum atomic E-state index is 11.6. The number of hydrogen-bond acceptors (Lipinski definition) is 4. The SMILES string of the molecule is CCCC=C(COC(=O)CC(C)C)C(=O)OCC. The Morgan fingerprint density at radius 2 is 1.83 bits per heavy atom. The molecule has 0 radical (unpaired) electrons. The van der Waals surface area contributed by atoms with Gasteiger partial charge in [-0.25, -0.2) is 4.79 Å². The number of hydrogen-bond donors (Lipinski definition) is 0. The molecule has 0 aliphatic carbocycles. The second-order valence-electron chi connectivity index (χ2n) is 4.50. The Labute approximate surface area is 109 Å². The monoisotopic (exact) mass is 256 g/mol. The van der Waals surface area contributed by atoms with E-state index in [1.165, 1.54) is 0 Å². The zero-order valence-corrected chi connectivity index (χ0v) is 11.8. The molecule has 0 saturated heterocycles. The van der Waals surface area contributed by atoms with Crippen LogP contribution in [0.1, 0.15) is 47.0 Å². The van der Waals surface area contributed by atoms with Gasteiger partial charge in [0.2, 0.25) is 0 Å². The van der Waals surface area contributed by atoms with Crippen LogP contribution in [-0.4, -0.2) is 25.2 Å². The Morgan fingerprint density at radius 3 is 2.33 bits per heavy atom. The Hall–Kier alpha value is -1.32. The second-order valence-corrected chi connectivity index (χ2v) is 4.50. The van der Waals surface area contributed by atoms with Crippen LogP contribution in [0.2, 0.25) is 0 Å². The third kappa shape index (κ3) is 7.87. The molecule has 0 N–H and O–H groups in total. The van der Waals surface area contributed by atoms with Gasteiger partial charge in [0, 0.05) is 6.42 Å². The second kappa shape index (κ2) is 9.68. The van der Waals surface area contributed by atoms with Crippen LogP contribution in [0.25, 0.3) is 0 Å². The van der Waals surface area contributed by atoms with Crippen molar-refractivity contribution in [1.29, 1.82) is 0 Å². The third-order valence-corrected chi connectivity index (χ3v) is 2.18. The molecule has 0 aliphatic heterocycles. The lowest BCUT2D eigenvalue weighted by atomic mass is 10.1. The van der Waals surface area contributed by atoms with Crippen molar-refractivity contribution < 1.29 is 19.1 Å². The Kier molecular flexibility index (Phi) is 8.97. The normalized spacial score (nSPS) is 11.5. The molecule has 0 spiro atoms. The zero-order valence-electron chi connectivity index (χ0n) is 11.8. The van der Waals surface area contributed by atoms with Gasteiger partial charge in [0.25, 0.3) is 0 Å². The molecule has 4 nitrogen and oxygen atoms in total. The van der Waals surface area contributed by atoms with Crippen molar-refractivity contribution in [3.63, 3.8) is 0 Å². The standard InChI is InChI=1S/C14H24O4/c1-5-7-8-12(14(16)17-6-2)10-18-13(15)9-11(3)4/h8,11H,5-7,9-10H2,1-4H3. The number of carbonyl (C=O) groups excluding carboxylic acids is 2. The van der Waals surface area contributed by atoms with E-state index in [0.29, 0.717) is 18.6 Å². The van der Waals surface area contributed by atoms with Crippen LogP contribution in [0, 0.1) is 5.92 Å². The summed E-state index contributed by atoms with van der Waals surface area (Å²) in [5.41, 5.74) is 0.427. The average Bonchev–Trinajstić information content (AvgIpc) is 2.28. The largest absolute Gasteiger partial charge is 0.463 e. The van der Waals surface area contributed by atoms with Gasteiger partial charge in [-0.1, -0.05) is 33.3 Å². The predicted molar refractivity (Wildman–Crippen MR) is 70.0 cm³/mol. The minimum absolute atomic E-state index is 0.00435. The molecule has 0 bridgehead atoms. The summed E-state index contributed by atoms with van der Waals surface area (Å²) in [4.78, 5) is 23.0. The average molecular weight is 256 g/mol. The maximum Gasteiger partial charge on any atom is 0.337 e. The van der Waals surface area contributed by atoms with Gasteiger partial charge in [0.15, 0.2) is 0 Å². The first kappa shape index (κ1) is 16.7. The molecule has 4 heteroatoms. The van der Waals surface area contributed by atoms with Crippen molar-refractivity contribution in [3.05, 3.63) is 11.6 Å². The molecule has 0 heterocycles. The van der Waals surface area contributed by atoms with Crippen molar-refractivity contribution in [2.24, 2.45) is 5.92 Å². The molecule has 0 aromatic carbocycles. The lowest BCUT2D eigenvalue weighted by Gasteiger charge is -2.09. The summed E-state index contributed by atoms with van der Waals surface area (Å²) in [5.74, 6) is -0.428. The first-order valence-electron chi connectivity index (χ1n) is 6.53. The highest BCUT2D eigenvalue weighted by molar-refractivity contribution is 5.89. The summed E-state index contributed by atoms with van der Waals surface area (Å²) in [6.45, 7) is 7.98. The van der Waals surface area contributed by atoms with E-state index in [2.05, 4.69) is 0 Å². The molecule has 0 fully saturated rings. The van der Waals surface area contributed by atoms with E-state index in [1.54, 1.807) is 13.0 Å². The molecule has 0 aromatic heterocycles. The lowest BCUT2D eigenvalue weighted by molar-refractivity contribution is -0.145. The number of ether oxygens (including phenoxy) is 2. The fourth-order valence-corrected chi connectivity index (χ4v) is 1.29. The summed E-state index contributed by atoms with van der Waals surface area (Å²) in [6.07, 6.45) is 3.85. The predicted octanol–water partition coefficient (Wildman–Crippen LogP) is 2.87. The number of esters is 2. The summed E-state index contributed by atoms with van der Waals surface area (Å²) < 4.78 is 9.99. The highest BCUT2D eigenvalue weighted by Gasteiger charge is 2.13. The van der Waals surface area contributed by atoms with E-state index in [1.807, 2.05) is 20.8 Å². The van der Waals surface area contributed by atoms with E-state index >= 15 is 0 Å². The molecule has 0 saturated carbocycles. The van der Waals surface area contributed by atoms with Crippen molar-refractivity contribution in [2.75, 3.05) is 13.2 Å². The van der Waals surface area contributed by atoms with Crippen LogP contribution in [0.5, 0.6) is 0 Å². The molecule has 18 heavy (non-hydrogen) atoms. The van der Waals surface area contributed by atoms with Gasteiger partial charge >= 0.3 is 11.9 Å². The van der Waals surface area contributed by atoms with Crippen molar-refractivity contribution in [2.45, 2.75) is 47.0 Å². The van der Waals surface area contributed by atoms with E-state index in [9.17, 15) is 9.59 Å². The smallest absolute Gasteiger partial charge is 0.337 e. The zero-order chi connectivity index (χ0) is 14.0. The van der Waals surface area contributed by atoms with Crippen LogP contribution in [-0.2, 0) is 19.1 Å². The van der Waals surface area contributed by atoms with Crippen LogP contribution < -0.4 is 0 Å². The van der Waals surface area contributed by atoms with Crippen molar-refractivity contribution in [3.8, 4) is 0 Å². The van der Waals surface area contributed by atoms with Gasteiger partial charge in [0.1, 0.15) is 6.61 Å². The van der Waals surface area contributed by atoms with Gasteiger partial charge < -0.3 is 9.47 Å². The van der Waals surface area contributed by atoms with E-state index < -0.39 is 5.97 Å². The number of unbranched alkanes of at least 4 members (excludes halogenated alkanes) is 1. The minimum atomic E-state index is -0.400. The summed E-state index contributed by atoms with van der Waals surface area (Å²) >= 11 is 0. The van der Waals surface area contributed by atoms with Crippen LogP contribution in [0.15, 0.2) is 11.6 Å². The lowest BCUT2D eigenvalue weighted by Crippen LogP contribution is -2.16. The van der Waals surface area contributed by atoms with Crippen molar-refractivity contribution in [1.82, 2.24) is 0 Å². The maximum absolute atomic E-state index is 11.6. The summed E-state index contributed by atoms with van der Waals surface area (Å²) in [5, 5.41) is 0. The minimum Gasteiger partial charge on any atom is -0.463 e. The molecule has 0 aliphatic rings. The van der Waals surface area contributed by atoms with E-state index in [4.69, 9.17) is 9.47 Å². The molecule has 104 valence electrons. The molecule has 0 amide bonds. The fraction of sp³-hybridized carbons (Fsp3) is 0.714. The molecular weight excluding hydrogens is 232 g/mol. The first-order chi connectivity index (χ1) is 8.51. The van der Waals surface area contributed by atoms with E-state index in [0.717, 1.165) is 12.8 Å². The Morgan fingerprint density at radius 1 is 1.17 bits per heavy atom. The Bertz CT molecular complexity index is 292. The van der Waals surface area contributed by atoms with Gasteiger partial charge in [-0.15, -0.1) is 0 Å². The van der Waals surface area contributed by atoms with Crippen LogP contribution in [0.3, 0.4) is 0 Å². The van der Waals surface area contributed by atoms with Crippen LogP contribution in [0.4, 0.5) is 0 Å². The molecule has 0 unspecified atom stereocenters. The van der Waals surface area contributed by atoms with Gasteiger partial charge in [-0.2, -0.15) is 0 Å². The first-order valence-corrected chi connectivity index (χ1v) is 6.53. The third-order valence-electron chi connectivity index (χ3n) is 2.18. The molecule has 0 atom stereocenters. The Balaban J connectivity index is 4.33. The highest BCUT2D eigenvalue weighted by Crippen LogP contribution is 2.06. The fourth-order valence-electron chi connectivity index (χ4n) is 1.29. The summed E-state index contributed by atoms with van der Waals surface area (Å²) in [7, 11) is 0. The molecular formula is C14H24O4. The molecule has 0 rings (SSSR count). The number of rotatable bonds is 8. The highest BCUT2D eigenvalue weighted by atomic mass is 16.5. The summed E-state index contributed by atoms with van der Waals surface area (Å²) in [6, 6.07) is 0. The number of carbonyl (C=O) groups is 2. The topological polar surface area (TPSA) is 52.6 Å². The van der Waals surface area contributed by atoms with Gasteiger partial charge in [-0.3, -0.25) is 4.79 Å².